The van der Waals surface area contributed by atoms with Gasteiger partial charge in [0.15, 0.2) is 0 Å². The fourth-order valence-electron chi connectivity index (χ4n) is 6.29. The molecule has 6 rings (SSSR count). The van der Waals surface area contributed by atoms with Crippen LogP contribution >= 0.6 is 0 Å². The number of unbranched alkanes of at least 4 members (excludes halogenated alkanes) is 2. The fraction of sp³-hybridized carbons (Fsp3) is 0.583. The molecule has 0 radical (unpaired) electrons. The SMILES string of the molecule is CCCC=C1OC(=O)C2=C1CCC1C3C=C4C(=O)OC(=CCCC)C4(CC3)C21. The van der Waals surface area contributed by atoms with Gasteiger partial charge in [0.2, 0.25) is 0 Å². The summed E-state index contributed by atoms with van der Waals surface area (Å²) in [6, 6.07) is 0. The molecule has 2 heterocycles. The summed E-state index contributed by atoms with van der Waals surface area (Å²) in [5.41, 5.74) is 2.29. The summed E-state index contributed by atoms with van der Waals surface area (Å²) in [6.45, 7) is 4.26. The Kier molecular flexibility index (Phi) is 4.15. The van der Waals surface area contributed by atoms with Crippen LogP contribution in [0.3, 0.4) is 0 Å². The molecule has 4 unspecified atom stereocenters. The lowest BCUT2D eigenvalue weighted by molar-refractivity contribution is -0.135. The van der Waals surface area contributed by atoms with Gasteiger partial charge >= 0.3 is 11.9 Å². The van der Waals surface area contributed by atoms with Crippen LogP contribution < -0.4 is 0 Å². The zero-order valence-corrected chi connectivity index (χ0v) is 16.8. The third-order valence-corrected chi connectivity index (χ3v) is 7.43. The van der Waals surface area contributed by atoms with Crippen LogP contribution in [0.4, 0.5) is 0 Å². The van der Waals surface area contributed by atoms with Crippen LogP contribution in [-0.2, 0) is 19.1 Å². The van der Waals surface area contributed by atoms with Gasteiger partial charge in [-0.2, -0.15) is 0 Å². The van der Waals surface area contributed by atoms with E-state index in [1.807, 2.05) is 0 Å². The van der Waals surface area contributed by atoms with E-state index in [4.69, 9.17) is 9.47 Å². The van der Waals surface area contributed by atoms with Crippen LogP contribution in [0.2, 0.25) is 0 Å². The molecule has 1 spiro atoms. The predicted octanol–water partition coefficient (Wildman–Crippen LogP) is 5.13. The monoisotopic (exact) mass is 380 g/mol. The molecule has 6 aliphatic rings. The van der Waals surface area contributed by atoms with Crippen molar-refractivity contribution in [3.8, 4) is 0 Å². The summed E-state index contributed by atoms with van der Waals surface area (Å²) in [7, 11) is 0. The van der Waals surface area contributed by atoms with Gasteiger partial charge in [-0.05, 0) is 62.5 Å². The number of fused-ring (bicyclic) bond motifs is 1. The zero-order valence-electron chi connectivity index (χ0n) is 16.8. The summed E-state index contributed by atoms with van der Waals surface area (Å²) in [6.07, 6.45) is 14.1. The molecule has 0 aromatic heterocycles. The summed E-state index contributed by atoms with van der Waals surface area (Å²) in [5, 5.41) is 0. The molecule has 4 atom stereocenters. The van der Waals surface area contributed by atoms with Crippen molar-refractivity contribution in [1.82, 2.24) is 0 Å². The molecule has 148 valence electrons. The van der Waals surface area contributed by atoms with Gasteiger partial charge in [0.1, 0.15) is 11.5 Å². The summed E-state index contributed by atoms with van der Waals surface area (Å²) >= 11 is 0. The van der Waals surface area contributed by atoms with Crippen LogP contribution in [-0.4, -0.2) is 11.9 Å². The molecule has 0 N–H and O–H groups in total. The molecule has 0 aromatic carbocycles. The fourth-order valence-corrected chi connectivity index (χ4v) is 6.29. The Morgan fingerprint density at radius 2 is 1.86 bits per heavy atom. The second-order valence-electron chi connectivity index (χ2n) is 8.82. The van der Waals surface area contributed by atoms with E-state index in [0.717, 1.165) is 79.6 Å². The van der Waals surface area contributed by atoms with Crippen molar-refractivity contribution < 1.29 is 19.1 Å². The molecule has 2 aliphatic heterocycles. The highest BCUT2D eigenvalue weighted by Gasteiger charge is 2.66. The van der Waals surface area contributed by atoms with Gasteiger partial charge in [0.25, 0.3) is 0 Å². The van der Waals surface area contributed by atoms with Crippen molar-refractivity contribution in [3.63, 3.8) is 0 Å². The Bertz CT molecular complexity index is 871. The zero-order chi connectivity index (χ0) is 19.5. The largest absolute Gasteiger partial charge is 0.427 e. The molecule has 4 nitrogen and oxygen atoms in total. The van der Waals surface area contributed by atoms with Crippen molar-refractivity contribution in [3.05, 3.63) is 46.5 Å². The molecular formula is C24H28O4. The van der Waals surface area contributed by atoms with E-state index in [1.165, 1.54) is 0 Å². The minimum Gasteiger partial charge on any atom is -0.427 e. The number of allylic oxidation sites excluding steroid dienone is 5. The average molecular weight is 380 g/mol. The van der Waals surface area contributed by atoms with Crippen LogP contribution in [0.1, 0.15) is 65.2 Å². The Morgan fingerprint density at radius 1 is 1.07 bits per heavy atom. The van der Waals surface area contributed by atoms with E-state index in [9.17, 15) is 9.59 Å². The highest BCUT2D eigenvalue weighted by molar-refractivity contribution is 5.99. The third-order valence-electron chi connectivity index (χ3n) is 7.43. The first-order valence-electron chi connectivity index (χ1n) is 10.9. The van der Waals surface area contributed by atoms with Crippen molar-refractivity contribution in [1.29, 1.82) is 0 Å². The lowest BCUT2D eigenvalue weighted by Crippen LogP contribution is -2.50. The molecule has 1 saturated carbocycles. The quantitative estimate of drug-likeness (QED) is 0.635. The average Bonchev–Trinajstić information content (AvgIpc) is 3.19. The van der Waals surface area contributed by atoms with Gasteiger partial charge in [-0.25, -0.2) is 9.59 Å². The third kappa shape index (κ3) is 2.23. The number of hydrogen-bond acceptors (Lipinski definition) is 4. The van der Waals surface area contributed by atoms with E-state index in [1.54, 1.807) is 0 Å². The van der Waals surface area contributed by atoms with Gasteiger partial charge in [-0.3, -0.25) is 0 Å². The highest BCUT2D eigenvalue weighted by atomic mass is 16.5. The van der Waals surface area contributed by atoms with Gasteiger partial charge in [-0.1, -0.05) is 32.8 Å². The first-order chi connectivity index (χ1) is 13.6. The lowest BCUT2D eigenvalue weighted by atomic mass is 9.47. The lowest BCUT2D eigenvalue weighted by Gasteiger charge is -2.54. The molecule has 4 heteroatoms. The molecule has 1 saturated heterocycles. The van der Waals surface area contributed by atoms with Crippen LogP contribution in [0.15, 0.2) is 46.5 Å². The maximum Gasteiger partial charge on any atom is 0.340 e. The van der Waals surface area contributed by atoms with Crippen LogP contribution in [0.25, 0.3) is 0 Å². The van der Waals surface area contributed by atoms with E-state index >= 15 is 0 Å². The Morgan fingerprint density at radius 3 is 2.64 bits per heavy atom. The first kappa shape index (κ1) is 18.0. The Labute approximate surface area is 166 Å². The molecule has 4 aliphatic carbocycles. The predicted molar refractivity (Wildman–Crippen MR) is 105 cm³/mol. The van der Waals surface area contributed by atoms with Crippen LogP contribution in [0.5, 0.6) is 0 Å². The van der Waals surface area contributed by atoms with Crippen LogP contribution in [0, 0.1) is 23.2 Å². The van der Waals surface area contributed by atoms with Crippen molar-refractivity contribution in [2.75, 3.05) is 0 Å². The highest BCUT2D eigenvalue weighted by Crippen LogP contribution is 2.68. The minimum absolute atomic E-state index is 0.0181. The maximum atomic E-state index is 13.0. The smallest absolute Gasteiger partial charge is 0.340 e. The standard InChI is InChI=1S/C24H28O4/c1-3-5-7-18-16-10-9-15-14-11-12-24(21(15)20(16)23(26)27-18)17(13-14)22(25)28-19(24)8-6-4-2/h7-8,13-15,21H,3-6,9-12H2,1-2H3. The summed E-state index contributed by atoms with van der Waals surface area (Å²) in [4.78, 5) is 25.8. The number of carbonyl (C=O) groups is 2. The second kappa shape index (κ2) is 6.47. The van der Waals surface area contributed by atoms with Crippen molar-refractivity contribution in [2.24, 2.45) is 23.2 Å². The van der Waals surface area contributed by atoms with E-state index in [0.29, 0.717) is 11.8 Å². The number of hydrogen-bond donors (Lipinski definition) is 0. The van der Waals surface area contributed by atoms with Gasteiger partial charge in [0, 0.05) is 22.6 Å². The van der Waals surface area contributed by atoms with Gasteiger partial charge < -0.3 is 9.47 Å². The van der Waals surface area contributed by atoms with E-state index < -0.39 is 5.41 Å². The minimum atomic E-state index is -0.452. The molecule has 28 heavy (non-hydrogen) atoms. The molecule has 2 bridgehead atoms. The van der Waals surface area contributed by atoms with Gasteiger partial charge in [0.05, 0.1) is 5.41 Å². The Balaban J connectivity index is 1.68. The topological polar surface area (TPSA) is 52.6 Å². The first-order valence-corrected chi connectivity index (χ1v) is 10.9. The van der Waals surface area contributed by atoms with E-state index in [-0.39, 0.29) is 17.9 Å². The maximum absolute atomic E-state index is 13.0. The number of esters is 2. The van der Waals surface area contributed by atoms with Crippen molar-refractivity contribution >= 4 is 11.9 Å². The Hall–Kier alpha value is -2.10. The number of ether oxygens (including phenoxy) is 2. The summed E-state index contributed by atoms with van der Waals surface area (Å²) < 4.78 is 11.6. The normalized spacial score (nSPS) is 38.4. The molecular weight excluding hydrogens is 352 g/mol. The van der Waals surface area contributed by atoms with Crippen molar-refractivity contribution in [2.45, 2.75) is 65.2 Å². The molecule has 0 aromatic rings. The molecule has 2 fully saturated rings. The molecule has 0 amide bonds. The van der Waals surface area contributed by atoms with E-state index in [2.05, 4.69) is 32.1 Å². The summed E-state index contributed by atoms with van der Waals surface area (Å²) in [5.74, 6) is 1.96. The number of carbonyl (C=O) groups excluding carboxylic acids is 2. The number of cyclic esters (lactones) is 2. The second-order valence-corrected chi connectivity index (χ2v) is 8.82. The number of rotatable bonds is 4. The van der Waals surface area contributed by atoms with Gasteiger partial charge in [-0.15, -0.1) is 0 Å².